The molecule has 1 saturated heterocycles. The molecule has 1 aliphatic heterocycles. The second-order valence-electron chi connectivity index (χ2n) is 3.23. The summed E-state index contributed by atoms with van der Waals surface area (Å²) in [4.78, 5) is 2.37. The van der Waals surface area contributed by atoms with Gasteiger partial charge in [-0.15, -0.1) is 0 Å². The van der Waals surface area contributed by atoms with Crippen LogP contribution in [0.15, 0.2) is 11.6 Å². The average molecular weight is 189 g/mol. The minimum atomic E-state index is 0.658. The van der Waals surface area contributed by atoms with Crippen molar-refractivity contribution in [2.45, 2.75) is 19.4 Å². The van der Waals surface area contributed by atoms with Gasteiger partial charge in [0.2, 0.25) is 0 Å². The summed E-state index contributed by atoms with van der Waals surface area (Å²) in [6, 6.07) is 0.658. The molecule has 0 bridgehead atoms. The van der Waals surface area contributed by atoms with E-state index in [4.69, 9.17) is 11.6 Å². The van der Waals surface area contributed by atoms with Crippen LogP contribution in [-0.2, 0) is 0 Å². The first kappa shape index (κ1) is 10.0. The summed E-state index contributed by atoms with van der Waals surface area (Å²) >= 11 is 5.77. The van der Waals surface area contributed by atoms with Crippen molar-refractivity contribution in [3.05, 3.63) is 11.6 Å². The summed E-state index contributed by atoms with van der Waals surface area (Å²) in [5, 5.41) is 4.09. The second kappa shape index (κ2) is 4.85. The van der Waals surface area contributed by atoms with E-state index in [0.717, 1.165) is 31.2 Å². The van der Waals surface area contributed by atoms with E-state index in [9.17, 15) is 0 Å². The fourth-order valence-electron chi connectivity index (χ4n) is 1.67. The summed E-state index contributed by atoms with van der Waals surface area (Å²) in [5.74, 6) is 0. The molecule has 0 aromatic rings. The number of nitrogens with zero attached hydrogens (tertiary/aromatic N) is 1. The fraction of sp³-hybridized carbons (Fsp3) is 0.778. The molecule has 0 radical (unpaired) electrons. The minimum absolute atomic E-state index is 0.658. The lowest BCUT2D eigenvalue weighted by atomic mass is 10.2. The number of halogens is 1. The molecule has 1 N–H and O–H groups in total. The first-order valence-corrected chi connectivity index (χ1v) is 4.90. The van der Waals surface area contributed by atoms with E-state index in [2.05, 4.69) is 23.7 Å². The van der Waals surface area contributed by atoms with Crippen molar-refractivity contribution in [1.82, 2.24) is 10.2 Å². The predicted molar refractivity (Wildman–Crippen MR) is 53.5 cm³/mol. The third-order valence-electron chi connectivity index (χ3n) is 2.33. The fourth-order valence-corrected chi connectivity index (χ4v) is 1.82. The SMILES string of the molecule is C=C(Cl)CN(CC)C1CCNC1. The van der Waals surface area contributed by atoms with Gasteiger partial charge in [0.1, 0.15) is 0 Å². The van der Waals surface area contributed by atoms with Crippen LogP contribution in [0.3, 0.4) is 0 Å². The summed E-state index contributed by atoms with van der Waals surface area (Å²) < 4.78 is 0. The lowest BCUT2D eigenvalue weighted by Crippen LogP contribution is -2.37. The Balaban J connectivity index is 2.37. The van der Waals surface area contributed by atoms with Gasteiger partial charge in [0, 0.05) is 24.2 Å². The van der Waals surface area contributed by atoms with Crippen LogP contribution in [0.5, 0.6) is 0 Å². The molecule has 0 spiro atoms. The Hall–Kier alpha value is -0.0500. The zero-order chi connectivity index (χ0) is 8.97. The highest BCUT2D eigenvalue weighted by atomic mass is 35.5. The summed E-state index contributed by atoms with van der Waals surface area (Å²) in [6.45, 7) is 9.99. The maximum atomic E-state index is 5.77. The van der Waals surface area contributed by atoms with E-state index in [1.54, 1.807) is 0 Å². The molecule has 0 amide bonds. The van der Waals surface area contributed by atoms with Crippen LogP contribution in [0.1, 0.15) is 13.3 Å². The van der Waals surface area contributed by atoms with E-state index >= 15 is 0 Å². The van der Waals surface area contributed by atoms with Crippen LogP contribution in [-0.4, -0.2) is 37.1 Å². The van der Waals surface area contributed by atoms with Gasteiger partial charge in [0.05, 0.1) is 0 Å². The van der Waals surface area contributed by atoms with Crippen molar-refractivity contribution in [3.63, 3.8) is 0 Å². The number of rotatable bonds is 4. The van der Waals surface area contributed by atoms with Gasteiger partial charge in [-0.25, -0.2) is 0 Å². The van der Waals surface area contributed by atoms with E-state index < -0.39 is 0 Å². The van der Waals surface area contributed by atoms with Crippen molar-refractivity contribution < 1.29 is 0 Å². The summed E-state index contributed by atoms with van der Waals surface area (Å²) in [7, 11) is 0. The zero-order valence-corrected chi connectivity index (χ0v) is 8.40. The van der Waals surface area contributed by atoms with Crippen LogP contribution in [0.25, 0.3) is 0 Å². The van der Waals surface area contributed by atoms with Crippen molar-refractivity contribution in [2.75, 3.05) is 26.2 Å². The molecular weight excluding hydrogens is 172 g/mol. The first-order valence-electron chi connectivity index (χ1n) is 4.52. The molecule has 0 aromatic heterocycles. The molecular formula is C9H17ClN2. The monoisotopic (exact) mass is 188 g/mol. The first-order chi connectivity index (χ1) is 5.74. The molecule has 2 nitrogen and oxygen atoms in total. The van der Waals surface area contributed by atoms with Crippen molar-refractivity contribution in [3.8, 4) is 0 Å². The Kier molecular flexibility index (Phi) is 4.06. The minimum Gasteiger partial charge on any atom is -0.315 e. The largest absolute Gasteiger partial charge is 0.315 e. The van der Waals surface area contributed by atoms with Gasteiger partial charge in [0.15, 0.2) is 0 Å². The number of likely N-dealkylation sites (N-methyl/N-ethyl adjacent to an activating group) is 1. The Morgan fingerprint density at radius 3 is 2.92 bits per heavy atom. The molecule has 1 fully saturated rings. The molecule has 12 heavy (non-hydrogen) atoms. The molecule has 1 aliphatic rings. The molecule has 1 rings (SSSR count). The molecule has 3 heteroatoms. The molecule has 1 heterocycles. The van der Waals surface area contributed by atoms with Crippen molar-refractivity contribution >= 4 is 11.6 Å². The standard InChI is InChI=1S/C9H17ClN2/c1-3-12(7-8(2)10)9-4-5-11-6-9/h9,11H,2-7H2,1H3. The van der Waals surface area contributed by atoms with Gasteiger partial charge >= 0.3 is 0 Å². The van der Waals surface area contributed by atoms with Crippen LogP contribution >= 0.6 is 11.6 Å². The van der Waals surface area contributed by atoms with E-state index in [1.165, 1.54) is 6.42 Å². The van der Waals surface area contributed by atoms with Gasteiger partial charge in [-0.05, 0) is 19.5 Å². The molecule has 0 aromatic carbocycles. The molecule has 0 saturated carbocycles. The highest BCUT2D eigenvalue weighted by Gasteiger charge is 2.20. The van der Waals surface area contributed by atoms with Gasteiger partial charge in [0.25, 0.3) is 0 Å². The van der Waals surface area contributed by atoms with Crippen LogP contribution in [0.2, 0.25) is 0 Å². The average Bonchev–Trinajstić information content (AvgIpc) is 2.51. The zero-order valence-electron chi connectivity index (χ0n) is 7.65. The Morgan fingerprint density at radius 2 is 2.50 bits per heavy atom. The van der Waals surface area contributed by atoms with Crippen molar-refractivity contribution in [2.24, 2.45) is 0 Å². The number of hydrogen-bond donors (Lipinski definition) is 1. The quantitative estimate of drug-likeness (QED) is 0.718. The van der Waals surface area contributed by atoms with Crippen molar-refractivity contribution in [1.29, 1.82) is 0 Å². The van der Waals surface area contributed by atoms with Crippen LogP contribution < -0.4 is 5.32 Å². The van der Waals surface area contributed by atoms with Gasteiger partial charge in [-0.2, -0.15) is 0 Å². The highest BCUT2D eigenvalue weighted by Crippen LogP contribution is 2.11. The third-order valence-corrected chi connectivity index (χ3v) is 2.45. The Morgan fingerprint density at radius 1 is 1.75 bits per heavy atom. The lowest BCUT2D eigenvalue weighted by molar-refractivity contribution is 0.241. The second-order valence-corrected chi connectivity index (χ2v) is 3.76. The summed E-state index contributed by atoms with van der Waals surface area (Å²) in [5.41, 5.74) is 0. The van der Waals surface area contributed by atoms with Gasteiger partial charge in [-0.1, -0.05) is 25.1 Å². The molecule has 70 valence electrons. The summed E-state index contributed by atoms with van der Waals surface area (Å²) in [6.07, 6.45) is 1.23. The topological polar surface area (TPSA) is 15.3 Å². The van der Waals surface area contributed by atoms with E-state index in [1.807, 2.05) is 0 Å². The Bertz CT molecular complexity index is 153. The van der Waals surface area contributed by atoms with Crippen LogP contribution in [0.4, 0.5) is 0 Å². The maximum absolute atomic E-state index is 5.77. The normalized spacial score (nSPS) is 23.4. The Labute approximate surface area is 79.6 Å². The molecule has 0 aliphatic carbocycles. The maximum Gasteiger partial charge on any atom is 0.0339 e. The number of nitrogens with one attached hydrogen (secondary N) is 1. The molecule has 1 unspecified atom stereocenters. The van der Waals surface area contributed by atoms with Gasteiger partial charge < -0.3 is 5.32 Å². The van der Waals surface area contributed by atoms with E-state index in [0.29, 0.717) is 6.04 Å². The van der Waals surface area contributed by atoms with E-state index in [-0.39, 0.29) is 0 Å². The highest BCUT2D eigenvalue weighted by molar-refractivity contribution is 6.29. The third kappa shape index (κ3) is 2.77. The number of hydrogen-bond acceptors (Lipinski definition) is 2. The lowest BCUT2D eigenvalue weighted by Gasteiger charge is -2.26. The van der Waals surface area contributed by atoms with Gasteiger partial charge in [-0.3, -0.25) is 4.90 Å². The smallest absolute Gasteiger partial charge is 0.0339 e. The predicted octanol–water partition coefficient (Wildman–Crippen LogP) is 1.42. The van der Waals surface area contributed by atoms with Crippen LogP contribution in [0, 0.1) is 0 Å². The molecule has 1 atom stereocenters.